The summed E-state index contributed by atoms with van der Waals surface area (Å²) in [6, 6.07) is 13.1. The Labute approximate surface area is 161 Å². The van der Waals surface area contributed by atoms with E-state index in [1.165, 1.54) is 18.9 Å². The molecule has 1 heterocycles. The van der Waals surface area contributed by atoms with Crippen LogP contribution in [0.3, 0.4) is 0 Å². The molecule has 3 aromatic rings. The predicted octanol–water partition coefficient (Wildman–Crippen LogP) is 4.43. The zero-order valence-corrected chi connectivity index (χ0v) is 16.3. The summed E-state index contributed by atoms with van der Waals surface area (Å²) >= 11 is 7.34. The smallest absolute Gasteiger partial charge is 0.191 e. The molecule has 134 valence electrons. The van der Waals surface area contributed by atoms with Crippen LogP contribution in [0.4, 0.5) is 0 Å². The molecule has 0 N–H and O–H groups in total. The van der Waals surface area contributed by atoms with E-state index in [1.807, 2.05) is 36.7 Å². The van der Waals surface area contributed by atoms with Crippen LogP contribution in [-0.2, 0) is 7.05 Å². The van der Waals surface area contributed by atoms with Gasteiger partial charge < -0.3 is 9.30 Å². The number of aromatic nitrogens is 3. The van der Waals surface area contributed by atoms with Crippen molar-refractivity contribution in [1.82, 2.24) is 14.8 Å². The highest BCUT2D eigenvalue weighted by atomic mass is 35.5. The number of hydrogen-bond acceptors (Lipinski definition) is 5. The minimum atomic E-state index is -0.0746. The predicted molar refractivity (Wildman–Crippen MR) is 104 cm³/mol. The summed E-state index contributed by atoms with van der Waals surface area (Å²) in [6.45, 7) is 2.03. The maximum absolute atomic E-state index is 12.6. The van der Waals surface area contributed by atoms with Gasteiger partial charge in [-0.25, -0.2) is 0 Å². The number of ketones is 1. The molecule has 0 saturated carbocycles. The minimum absolute atomic E-state index is 0.0746. The first-order valence-corrected chi connectivity index (χ1v) is 9.32. The Balaban J connectivity index is 1.77. The number of aryl methyl sites for hydroxylation is 1. The van der Waals surface area contributed by atoms with Crippen molar-refractivity contribution in [3.63, 3.8) is 0 Å². The van der Waals surface area contributed by atoms with E-state index >= 15 is 0 Å². The van der Waals surface area contributed by atoms with Crippen molar-refractivity contribution in [3.05, 3.63) is 58.6 Å². The molecule has 0 radical (unpaired) electrons. The largest absolute Gasteiger partial charge is 0.496 e. The van der Waals surface area contributed by atoms with E-state index in [1.54, 1.807) is 18.2 Å². The summed E-state index contributed by atoms with van der Waals surface area (Å²) in [5.41, 5.74) is 2.62. The Kier molecular flexibility index (Phi) is 5.64. The minimum Gasteiger partial charge on any atom is -0.496 e. The van der Waals surface area contributed by atoms with Gasteiger partial charge in [0, 0.05) is 17.6 Å². The number of thioether (sulfide) groups is 1. The maximum Gasteiger partial charge on any atom is 0.191 e. The number of ether oxygens (including phenoxy) is 1. The summed E-state index contributed by atoms with van der Waals surface area (Å²) in [5.74, 6) is 1.42. The van der Waals surface area contributed by atoms with E-state index in [2.05, 4.69) is 16.3 Å². The van der Waals surface area contributed by atoms with Crippen LogP contribution >= 0.6 is 23.4 Å². The van der Waals surface area contributed by atoms with Crippen molar-refractivity contribution in [3.8, 4) is 17.1 Å². The number of nitrogens with zero attached hydrogens (tertiary/aromatic N) is 3. The molecule has 0 saturated heterocycles. The van der Waals surface area contributed by atoms with Gasteiger partial charge in [-0.1, -0.05) is 47.1 Å². The Morgan fingerprint density at radius 2 is 2.04 bits per heavy atom. The van der Waals surface area contributed by atoms with Crippen molar-refractivity contribution in [1.29, 1.82) is 0 Å². The first-order chi connectivity index (χ1) is 12.5. The Morgan fingerprint density at radius 3 is 2.77 bits per heavy atom. The summed E-state index contributed by atoms with van der Waals surface area (Å²) in [6.07, 6.45) is 0. The number of Topliss-reactive ketones (excluding diaryl/α,β-unsaturated/α-hetero) is 1. The molecule has 0 aliphatic rings. The van der Waals surface area contributed by atoms with E-state index < -0.39 is 0 Å². The highest BCUT2D eigenvalue weighted by Gasteiger charge is 2.16. The second-order valence-electron chi connectivity index (χ2n) is 5.79. The van der Waals surface area contributed by atoms with Gasteiger partial charge in [0.05, 0.1) is 18.4 Å². The van der Waals surface area contributed by atoms with E-state index in [0.717, 1.165) is 17.0 Å². The molecule has 0 atom stereocenters. The fraction of sp³-hybridized carbons (Fsp3) is 0.211. The third-order valence-electron chi connectivity index (χ3n) is 3.91. The molecule has 0 spiro atoms. The van der Waals surface area contributed by atoms with Gasteiger partial charge in [-0.05, 0) is 31.2 Å². The van der Waals surface area contributed by atoms with E-state index in [4.69, 9.17) is 16.3 Å². The van der Waals surface area contributed by atoms with Crippen molar-refractivity contribution in [2.75, 3.05) is 12.9 Å². The SMILES string of the molecule is COc1ccc(Cl)cc1C(=O)CSc1nnc(-c2cccc(C)c2)n1C. The average Bonchev–Trinajstić information content (AvgIpc) is 3.00. The molecule has 0 aliphatic heterocycles. The molecule has 7 heteroatoms. The second kappa shape index (κ2) is 7.93. The third-order valence-corrected chi connectivity index (χ3v) is 5.16. The van der Waals surface area contributed by atoms with Gasteiger partial charge in [-0.15, -0.1) is 10.2 Å². The monoisotopic (exact) mass is 387 g/mol. The molecule has 1 aromatic heterocycles. The molecule has 0 bridgehead atoms. The summed E-state index contributed by atoms with van der Waals surface area (Å²) in [4.78, 5) is 12.6. The highest BCUT2D eigenvalue weighted by Crippen LogP contribution is 2.27. The second-order valence-corrected chi connectivity index (χ2v) is 7.17. The Morgan fingerprint density at radius 1 is 1.23 bits per heavy atom. The molecule has 0 unspecified atom stereocenters. The van der Waals surface area contributed by atoms with Crippen molar-refractivity contribution >= 4 is 29.1 Å². The average molecular weight is 388 g/mol. The molecule has 5 nitrogen and oxygen atoms in total. The molecule has 0 aliphatic carbocycles. The van der Waals surface area contributed by atoms with Gasteiger partial charge in [-0.2, -0.15) is 0 Å². The Hall–Kier alpha value is -2.31. The molecule has 0 amide bonds. The lowest BCUT2D eigenvalue weighted by molar-refractivity contribution is 0.101. The molecule has 0 fully saturated rings. The summed E-state index contributed by atoms with van der Waals surface area (Å²) < 4.78 is 7.14. The molecular formula is C19H18ClN3O2S. The van der Waals surface area contributed by atoms with E-state index in [-0.39, 0.29) is 11.5 Å². The quantitative estimate of drug-likeness (QED) is 0.462. The number of halogens is 1. The van der Waals surface area contributed by atoms with Crippen molar-refractivity contribution < 1.29 is 9.53 Å². The molecule has 26 heavy (non-hydrogen) atoms. The van der Waals surface area contributed by atoms with Crippen LogP contribution in [0.15, 0.2) is 47.6 Å². The molecule has 3 rings (SSSR count). The highest BCUT2D eigenvalue weighted by molar-refractivity contribution is 7.99. The van der Waals surface area contributed by atoms with Gasteiger partial charge >= 0.3 is 0 Å². The van der Waals surface area contributed by atoms with Gasteiger partial charge in [0.1, 0.15) is 5.75 Å². The summed E-state index contributed by atoms with van der Waals surface area (Å²) in [5, 5.41) is 9.65. The zero-order valence-electron chi connectivity index (χ0n) is 14.7. The Bertz CT molecular complexity index is 956. The lowest BCUT2D eigenvalue weighted by Crippen LogP contribution is -2.06. The number of benzene rings is 2. The van der Waals surface area contributed by atoms with Crippen molar-refractivity contribution in [2.24, 2.45) is 7.05 Å². The number of hydrogen-bond donors (Lipinski definition) is 0. The van der Waals surface area contributed by atoms with E-state index in [0.29, 0.717) is 21.5 Å². The first-order valence-electron chi connectivity index (χ1n) is 7.95. The van der Waals surface area contributed by atoms with Crippen LogP contribution in [0.1, 0.15) is 15.9 Å². The number of rotatable bonds is 6. The van der Waals surface area contributed by atoms with Crippen molar-refractivity contribution in [2.45, 2.75) is 12.1 Å². The van der Waals surface area contributed by atoms with Gasteiger partial charge in [0.15, 0.2) is 16.8 Å². The van der Waals surface area contributed by atoms with Crippen LogP contribution in [0.2, 0.25) is 5.02 Å². The van der Waals surface area contributed by atoms with Gasteiger partial charge in [-0.3, -0.25) is 4.79 Å². The number of methoxy groups -OCH3 is 1. The molecule has 2 aromatic carbocycles. The number of carbonyl (C=O) groups excluding carboxylic acids is 1. The fourth-order valence-corrected chi connectivity index (χ4v) is 3.55. The van der Waals surface area contributed by atoms with E-state index in [9.17, 15) is 4.79 Å². The van der Waals surface area contributed by atoms with Crippen LogP contribution in [0.5, 0.6) is 5.75 Å². The fourth-order valence-electron chi connectivity index (χ4n) is 2.58. The topological polar surface area (TPSA) is 57.0 Å². The van der Waals surface area contributed by atoms with Gasteiger partial charge in [0.25, 0.3) is 0 Å². The lowest BCUT2D eigenvalue weighted by Gasteiger charge is -2.08. The van der Waals surface area contributed by atoms with Crippen LogP contribution in [0.25, 0.3) is 11.4 Å². The van der Waals surface area contributed by atoms with Crippen LogP contribution in [-0.4, -0.2) is 33.4 Å². The first kappa shape index (κ1) is 18.5. The molecular weight excluding hydrogens is 370 g/mol. The normalized spacial score (nSPS) is 10.8. The third kappa shape index (κ3) is 3.92. The number of carbonyl (C=O) groups is 1. The van der Waals surface area contributed by atoms with Gasteiger partial charge in [0.2, 0.25) is 0 Å². The van der Waals surface area contributed by atoms with Crippen LogP contribution in [0, 0.1) is 6.92 Å². The summed E-state index contributed by atoms with van der Waals surface area (Å²) in [7, 11) is 3.43. The maximum atomic E-state index is 12.6. The lowest BCUT2D eigenvalue weighted by atomic mass is 10.1. The van der Waals surface area contributed by atoms with Crippen LogP contribution < -0.4 is 4.74 Å². The zero-order chi connectivity index (χ0) is 18.7. The standard InChI is InChI=1S/C19H18ClN3O2S/c1-12-5-4-6-13(9-12)18-21-22-19(23(18)2)26-11-16(24)15-10-14(20)7-8-17(15)25-3/h4-10H,11H2,1-3H3.